The molecule has 1 saturated heterocycles. The summed E-state index contributed by atoms with van der Waals surface area (Å²) in [5.41, 5.74) is 0.416. The molecule has 0 atom stereocenters. The van der Waals surface area contributed by atoms with Gasteiger partial charge in [0.15, 0.2) is 0 Å². The van der Waals surface area contributed by atoms with Crippen LogP contribution in [0.2, 0.25) is 0 Å². The zero-order valence-electron chi connectivity index (χ0n) is 15.1. The van der Waals surface area contributed by atoms with Gasteiger partial charge in [-0.25, -0.2) is 12.8 Å². The Morgan fingerprint density at radius 2 is 1.88 bits per heavy atom. The summed E-state index contributed by atoms with van der Waals surface area (Å²) in [5, 5.41) is 8.05. The first kappa shape index (κ1) is 18.9. The van der Waals surface area contributed by atoms with E-state index in [0.717, 1.165) is 0 Å². The van der Waals surface area contributed by atoms with Gasteiger partial charge in [-0.2, -0.15) is 4.31 Å². The van der Waals surface area contributed by atoms with E-state index in [-0.39, 0.29) is 10.8 Å². The lowest BCUT2D eigenvalue weighted by Gasteiger charge is -2.33. The molecule has 1 aromatic heterocycles. The van der Waals surface area contributed by atoms with E-state index in [1.54, 1.807) is 6.92 Å². The molecule has 0 unspecified atom stereocenters. The summed E-state index contributed by atoms with van der Waals surface area (Å²) in [4.78, 5) is 2.24. The van der Waals surface area contributed by atoms with Crippen LogP contribution in [0.5, 0.6) is 0 Å². The van der Waals surface area contributed by atoms with Gasteiger partial charge >= 0.3 is 0 Å². The highest BCUT2D eigenvalue weighted by atomic mass is 32.2. The highest BCUT2D eigenvalue weighted by molar-refractivity contribution is 7.89. The number of hydrogen-bond acceptors (Lipinski definition) is 6. The predicted octanol–water partition coefficient (Wildman–Crippen LogP) is 2.15. The van der Waals surface area contributed by atoms with Crippen LogP contribution in [0.25, 0.3) is 0 Å². The van der Waals surface area contributed by atoms with E-state index >= 15 is 0 Å². The molecule has 0 amide bonds. The summed E-state index contributed by atoms with van der Waals surface area (Å²) in [6, 6.07) is 3.75. The third-order valence-corrected chi connectivity index (χ3v) is 6.48. The van der Waals surface area contributed by atoms with Crippen molar-refractivity contribution in [1.29, 1.82) is 0 Å². The zero-order valence-corrected chi connectivity index (χ0v) is 16.0. The van der Waals surface area contributed by atoms with E-state index < -0.39 is 15.8 Å². The van der Waals surface area contributed by atoms with Crippen molar-refractivity contribution < 1.29 is 17.2 Å². The number of benzene rings is 1. The fourth-order valence-corrected chi connectivity index (χ4v) is 4.55. The second-order valence-electron chi connectivity index (χ2n) is 6.78. The molecule has 0 aliphatic carbocycles. The fourth-order valence-electron chi connectivity index (χ4n) is 2.92. The van der Waals surface area contributed by atoms with E-state index in [0.29, 0.717) is 50.1 Å². The molecule has 9 heteroatoms. The van der Waals surface area contributed by atoms with Crippen LogP contribution >= 0.6 is 0 Å². The number of hydrogen-bond donors (Lipinski definition) is 0. The molecule has 0 spiro atoms. The van der Waals surface area contributed by atoms with Crippen LogP contribution in [-0.2, 0) is 16.6 Å². The minimum absolute atomic E-state index is 0.158. The third-order valence-electron chi connectivity index (χ3n) is 4.42. The fraction of sp³-hybridized carbons (Fsp3) is 0.529. The van der Waals surface area contributed by atoms with E-state index in [2.05, 4.69) is 15.1 Å². The van der Waals surface area contributed by atoms with Crippen molar-refractivity contribution in [2.45, 2.75) is 38.1 Å². The quantitative estimate of drug-likeness (QED) is 0.788. The first-order valence-electron chi connectivity index (χ1n) is 8.58. The number of nitrogens with zero attached hydrogens (tertiary/aromatic N) is 4. The average molecular weight is 382 g/mol. The molecule has 2 heterocycles. The Morgan fingerprint density at radius 1 is 1.19 bits per heavy atom. The van der Waals surface area contributed by atoms with Crippen LogP contribution in [0.1, 0.15) is 37.1 Å². The molecule has 1 aromatic carbocycles. The molecule has 1 aliphatic rings. The summed E-state index contributed by atoms with van der Waals surface area (Å²) in [6.07, 6.45) is 0. The lowest BCUT2D eigenvalue weighted by atomic mass is 10.2. The smallest absolute Gasteiger partial charge is 0.243 e. The van der Waals surface area contributed by atoms with Crippen LogP contribution in [0.15, 0.2) is 27.5 Å². The van der Waals surface area contributed by atoms with Gasteiger partial charge in [0.2, 0.25) is 21.8 Å². The van der Waals surface area contributed by atoms with Gasteiger partial charge in [-0.3, -0.25) is 4.90 Å². The van der Waals surface area contributed by atoms with Crippen molar-refractivity contribution >= 4 is 10.0 Å². The Hall–Kier alpha value is -1.84. The maximum atomic E-state index is 13.3. The SMILES string of the molecule is Cc1cc(F)ccc1S(=O)(=O)N1CCN(Cc2nnc(C(C)C)o2)CC1. The van der Waals surface area contributed by atoms with Gasteiger partial charge < -0.3 is 4.42 Å². The second-order valence-corrected chi connectivity index (χ2v) is 8.69. The molecule has 3 rings (SSSR count). The van der Waals surface area contributed by atoms with Gasteiger partial charge in [0.05, 0.1) is 11.4 Å². The van der Waals surface area contributed by atoms with Gasteiger partial charge in [-0.15, -0.1) is 10.2 Å². The normalized spacial score (nSPS) is 17.1. The van der Waals surface area contributed by atoms with Gasteiger partial charge in [-0.1, -0.05) is 13.8 Å². The molecule has 2 aromatic rings. The Bertz CT molecular complexity index is 874. The topological polar surface area (TPSA) is 79.5 Å². The predicted molar refractivity (Wildman–Crippen MR) is 93.6 cm³/mol. The van der Waals surface area contributed by atoms with Crippen LogP contribution in [0, 0.1) is 12.7 Å². The first-order valence-corrected chi connectivity index (χ1v) is 10.0. The van der Waals surface area contributed by atoms with Crippen LogP contribution in [0.4, 0.5) is 4.39 Å². The van der Waals surface area contributed by atoms with E-state index in [4.69, 9.17) is 4.42 Å². The monoisotopic (exact) mass is 382 g/mol. The van der Waals surface area contributed by atoms with Crippen LogP contribution in [-0.4, -0.2) is 54.0 Å². The molecule has 0 saturated carbocycles. The molecule has 142 valence electrons. The largest absolute Gasteiger partial charge is 0.424 e. The Kier molecular flexibility index (Phi) is 5.40. The van der Waals surface area contributed by atoms with Crippen molar-refractivity contribution in [3.63, 3.8) is 0 Å². The van der Waals surface area contributed by atoms with Crippen molar-refractivity contribution in [3.05, 3.63) is 41.4 Å². The number of aromatic nitrogens is 2. The average Bonchev–Trinajstić information content (AvgIpc) is 3.04. The lowest BCUT2D eigenvalue weighted by Crippen LogP contribution is -2.48. The molecule has 0 radical (unpaired) electrons. The standard InChI is InChI=1S/C17H23FN4O3S/c1-12(2)17-20-19-16(25-17)11-21-6-8-22(9-7-21)26(23,24)15-5-4-14(18)10-13(15)3/h4-5,10,12H,6-9,11H2,1-3H3. The number of piperazine rings is 1. The Morgan fingerprint density at radius 3 is 2.46 bits per heavy atom. The van der Waals surface area contributed by atoms with E-state index in [1.165, 1.54) is 22.5 Å². The lowest BCUT2D eigenvalue weighted by molar-refractivity contribution is 0.167. The molecular weight excluding hydrogens is 359 g/mol. The summed E-state index contributed by atoms with van der Waals surface area (Å²) in [5.74, 6) is 0.885. The molecule has 7 nitrogen and oxygen atoms in total. The molecular formula is C17H23FN4O3S. The van der Waals surface area contributed by atoms with Gasteiger partial charge in [0.1, 0.15) is 5.82 Å². The number of halogens is 1. The third kappa shape index (κ3) is 3.94. The second kappa shape index (κ2) is 7.42. The Balaban J connectivity index is 1.64. The highest BCUT2D eigenvalue weighted by Crippen LogP contribution is 2.22. The van der Waals surface area contributed by atoms with Gasteiger partial charge in [-0.05, 0) is 30.7 Å². The summed E-state index contributed by atoms with van der Waals surface area (Å²) >= 11 is 0. The van der Waals surface area contributed by atoms with Crippen molar-refractivity contribution in [2.75, 3.05) is 26.2 Å². The summed E-state index contributed by atoms with van der Waals surface area (Å²) in [6.45, 7) is 7.94. The molecule has 1 aliphatic heterocycles. The molecule has 0 N–H and O–H groups in total. The van der Waals surface area contributed by atoms with Crippen LogP contribution < -0.4 is 0 Å². The minimum atomic E-state index is -3.62. The van der Waals surface area contributed by atoms with E-state index in [1.807, 2.05) is 13.8 Å². The zero-order chi connectivity index (χ0) is 18.9. The number of sulfonamides is 1. The van der Waals surface area contributed by atoms with Gasteiger partial charge in [0, 0.05) is 32.1 Å². The van der Waals surface area contributed by atoms with Crippen molar-refractivity contribution in [3.8, 4) is 0 Å². The first-order chi connectivity index (χ1) is 12.3. The molecule has 1 fully saturated rings. The highest BCUT2D eigenvalue weighted by Gasteiger charge is 2.30. The Labute approximate surface area is 152 Å². The van der Waals surface area contributed by atoms with Crippen molar-refractivity contribution in [2.24, 2.45) is 0 Å². The van der Waals surface area contributed by atoms with Gasteiger partial charge in [0.25, 0.3) is 0 Å². The molecule has 26 heavy (non-hydrogen) atoms. The molecule has 0 bridgehead atoms. The van der Waals surface area contributed by atoms with E-state index in [9.17, 15) is 12.8 Å². The van der Waals surface area contributed by atoms with Crippen LogP contribution in [0.3, 0.4) is 0 Å². The number of aryl methyl sites for hydroxylation is 1. The maximum absolute atomic E-state index is 13.3. The summed E-state index contributed by atoms with van der Waals surface area (Å²) < 4.78 is 45.9. The maximum Gasteiger partial charge on any atom is 0.243 e. The summed E-state index contributed by atoms with van der Waals surface area (Å²) in [7, 11) is -3.62. The number of rotatable bonds is 5. The van der Waals surface area contributed by atoms with Crippen molar-refractivity contribution in [1.82, 2.24) is 19.4 Å². The minimum Gasteiger partial charge on any atom is -0.424 e.